The summed E-state index contributed by atoms with van der Waals surface area (Å²) in [6, 6.07) is 5.83. The number of nitrogens with one attached hydrogen (secondary N) is 2. The molecular formula is C13H13Br2ClN4. The van der Waals surface area contributed by atoms with Crippen molar-refractivity contribution in [1.82, 2.24) is 9.97 Å². The molecule has 7 heteroatoms. The van der Waals surface area contributed by atoms with Gasteiger partial charge in [0.15, 0.2) is 5.82 Å². The van der Waals surface area contributed by atoms with Gasteiger partial charge in [0.1, 0.15) is 5.02 Å². The average Bonchev–Trinajstić information content (AvgIpc) is 2.42. The van der Waals surface area contributed by atoms with Crippen molar-refractivity contribution in [2.45, 2.75) is 13.3 Å². The van der Waals surface area contributed by atoms with Crippen molar-refractivity contribution in [3.05, 3.63) is 38.4 Å². The van der Waals surface area contributed by atoms with Gasteiger partial charge in [-0.1, -0.05) is 34.5 Å². The van der Waals surface area contributed by atoms with Crippen molar-refractivity contribution >= 4 is 60.9 Å². The molecular weight excluding hydrogens is 407 g/mol. The average molecular weight is 421 g/mol. The normalized spacial score (nSPS) is 10.4. The van der Waals surface area contributed by atoms with Gasteiger partial charge in [0.25, 0.3) is 0 Å². The lowest BCUT2D eigenvalue weighted by atomic mass is 10.3. The third-order valence-corrected chi connectivity index (χ3v) is 3.89. The van der Waals surface area contributed by atoms with Crippen LogP contribution in [0.15, 0.2) is 33.3 Å². The van der Waals surface area contributed by atoms with E-state index >= 15 is 0 Å². The van der Waals surface area contributed by atoms with Gasteiger partial charge in [-0.05, 0) is 40.5 Å². The summed E-state index contributed by atoms with van der Waals surface area (Å²) in [5, 5.41) is 6.80. The van der Waals surface area contributed by atoms with Crippen LogP contribution >= 0.6 is 43.5 Å². The van der Waals surface area contributed by atoms with Crippen molar-refractivity contribution in [2.24, 2.45) is 0 Å². The monoisotopic (exact) mass is 418 g/mol. The fraction of sp³-hybridized carbons (Fsp3) is 0.231. The van der Waals surface area contributed by atoms with E-state index < -0.39 is 0 Å². The maximum atomic E-state index is 6.12. The van der Waals surface area contributed by atoms with E-state index in [1.54, 1.807) is 6.20 Å². The molecule has 0 atom stereocenters. The molecule has 0 saturated heterocycles. The number of aromatic nitrogens is 2. The second-order valence-corrected chi connectivity index (χ2v) is 6.24. The molecule has 1 heterocycles. The summed E-state index contributed by atoms with van der Waals surface area (Å²) in [4.78, 5) is 8.51. The second kappa shape index (κ2) is 7.24. The van der Waals surface area contributed by atoms with Crippen LogP contribution in [0.25, 0.3) is 0 Å². The lowest BCUT2D eigenvalue weighted by Crippen LogP contribution is -2.06. The van der Waals surface area contributed by atoms with Crippen LogP contribution in [0, 0.1) is 0 Å². The minimum absolute atomic E-state index is 0.474. The van der Waals surface area contributed by atoms with Crippen LogP contribution in [-0.4, -0.2) is 16.5 Å². The molecule has 2 N–H and O–H groups in total. The molecule has 0 bridgehead atoms. The van der Waals surface area contributed by atoms with Crippen LogP contribution in [0.3, 0.4) is 0 Å². The summed E-state index contributed by atoms with van der Waals surface area (Å²) in [5.74, 6) is 1.13. The standard InChI is InChI=1S/C13H13Br2ClN4/c1-2-5-17-13-18-7-10(16)12(20-13)19-11-4-3-8(14)6-9(11)15/h3-4,6-7H,2,5H2,1H3,(H2,17,18,19,20). The predicted molar refractivity (Wildman–Crippen MR) is 90.9 cm³/mol. The van der Waals surface area contributed by atoms with Crippen molar-refractivity contribution in [3.8, 4) is 0 Å². The number of anilines is 3. The van der Waals surface area contributed by atoms with Gasteiger partial charge in [0, 0.05) is 15.5 Å². The molecule has 0 unspecified atom stereocenters. The molecule has 0 aliphatic carbocycles. The van der Waals surface area contributed by atoms with Crippen LogP contribution in [0.2, 0.25) is 5.02 Å². The van der Waals surface area contributed by atoms with E-state index in [0.29, 0.717) is 16.8 Å². The Morgan fingerprint density at radius 2 is 2.10 bits per heavy atom. The summed E-state index contributed by atoms with van der Waals surface area (Å²) < 4.78 is 1.92. The first-order chi connectivity index (χ1) is 9.60. The first-order valence-electron chi connectivity index (χ1n) is 6.08. The molecule has 0 amide bonds. The van der Waals surface area contributed by atoms with Gasteiger partial charge < -0.3 is 10.6 Å². The van der Waals surface area contributed by atoms with Gasteiger partial charge in [-0.3, -0.25) is 0 Å². The molecule has 20 heavy (non-hydrogen) atoms. The van der Waals surface area contributed by atoms with E-state index in [1.807, 2.05) is 18.2 Å². The molecule has 0 fully saturated rings. The van der Waals surface area contributed by atoms with Crippen LogP contribution in [0.4, 0.5) is 17.5 Å². The molecule has 0 aliphatic heterocycles. The highest BCUT2D eigenvalue weighted by Crippen LogP contribution is 2.30. The Balaban J connectivity index is 2.23. The molecule has 0 radical (unpaired) electrons. The smallest absolute Gasteiger partial charge is 0.224 e. The number of halogens is 3. The summed E-state index contributed by atoms with van der Waals surface area (Å²) >= 11 is 13.0. The summed E-state index contributed by atoms with van der Waals surface area (Å²) in [7, 11) is 0. The molecule has 0 saturated carbocycles. The summed E-state index contributed by atoms with van der Waals surface area (Å²) in [6.07, 6.45) is 2.59. The molecule has 4 nitrogen and oxygen atoms in total. The number of rotatable bonds is 5. The van der Waals surface area contributed by atoms with E-state index in [1.165, 1.54) is 0 Å². The minimum Gasteiger partial charge on any atom is -0.354 e. The Morgan fingerprint density at radius 1 is 1.30 bits per heavy atom. The van der Waals surface area contributed by atoms with Crippen LogP contribution in [0.1, 0.15) is 13.3 Å². The fourth-order valence-electron chi connectivity index (χ4n) is 1.50. The lowest BCUT2D eigenvalue weighted by molar-refractivity contribution is 0.953. The van der Waals surface area contributed by atoms with Crippen LogP contribution in [0.5, 0.6) is 0 Å². The fourth-order valence-corrected chi connectivity index (χ4v) is 2.78. The molecule has 0 aliphatic rings. The Bertz CT molecular complexity index is 607. The molecule has 1 aromatic heterocycles. The van der Waals surface area contributed by atoms with E-state index in [2.05, 4.69) is 59.4 Å². The highest BCUT2D eigenvalue weighted by molar-refractivity contribution is 9.11. The highest BCUT2D eigenvalue weighted by Gasteiger charge is 2.08. The first kappa shape index (κ1) is 15.5. The number of hydrogen-bond acceptors (Lipinski definition) is 4. The third-order valence-electron chi connectivity index (χ3n) is 2.46. The number of benzene rings is 1. The Labute approximate surface area is 139 Å². The van der Waals surface area contributed by atoms with E-state index in [-0.39, 0.29) is 0 Å². The molecule has 1 aromatic carbocycles. The summed E-state index contributed by atoms with van der Waals surface area (Å²) in [6.45, 7) is 2.91. The molecule has 2 aromatic rings. The second-order valence-electron chi connectivity index (χ2n) is 4.07. The Kier molecular flexibility index (Phi) is 5.63. The predicted octanol–water partition coefficient (Wildman–Crippen LogP) is 5.22. The maximum absolute atomic E-state index is 6.12. The van der Waals surface area contributed by atoms with Gasteiger partial charge in [-0.25, -0.2) is 4.98 Å². The minimum atomic E-state index is 0.474. The van der Waals surface area contributed by atoms with Gasteiger partial charge in [-0.15, -0.1) is 0 Å². The van der Waals surface area contributed by atoms with E-state index in [4.69, 9.17) is 11.6 Å². The van der Waals surface area contributed by atoms with Gasteiger partial charge in [-0.2, -0.15) is 4.98 Å². The maximum Gasteiger partial charge on any atom is 0.224 e. The van der Waals surface area contributed by atoms with Gasteiger partial charge in [0.2, 0.25) is 5.95 Å². The number of nitrogens with zero attached hydrogens (tertiary/aromatic N) is 2. The Morgan fingerprint density at radius 3 is 2.80 bits per heavy atom. The van der Waals surface area contributed by atoms with Crippen molar-refractivity contribution < 1.29 is 0 Å². The zero-order chi connectivity index (χ0) is 14.5. The first-order valence-corrected chi connectivity index (χ1v) is 8.05. The molecule has 106 valence electrons. The van der Waals surface area contributed by atoms with Crippen LogP contribution < -0.4 is 10.6 Å². The van der Waals surface area contributed by atoms with E-state index in [9.17, 15) is 0 Å². The number of hydrogen-bond donors (Lipinski definition) is 2. The Hall–Kier alpha value is -0.850. The zero-order valence-electron chi connectivity index (χ0n) is 10.8. The van der Waals surface area contributed by atoms with Crippen molar-refractivity contribution in [2.75, 3.05) is 17.2 Å². The van der Waals surface area contributed by atoms with Crippen molar-refractivity contribution in [3.63, 3.8) is 0 Å². The largest absolute Gasteiger partial charge is 0.354 e. The summed E-state index contributed by atoms with van der Waals surface area (Å²) in [5.41, 5.74) is 0.884. The molecule has 2 rings (SSSR count). The zero-order valence-corrected chi connectivity index (χ0v) is 14.7. The van der Waals surface area contributed by atoms with Gasteiger partial charge in [0.05, 0.1) is 11.9 Å². The highest BCUT2D eigenvalue weighted by atomic mass is 79.9. The lowest BCUT2D eigenvalue weighted by Gasteiger charge is -2.11. The van der Waals surface area contributed by atoms with Crippen molar-refractivity contribution in [1.29, 1.82) is 0 Å². The molecule has 0 spiro atoms. The topological polar surface area (TPSA) is 49.8 Å². The third kappa shape index (κ3) is 4.07. The van der Waals surface area contributed by atoms with Gasteiger partial charge >= 0.3 is 0 Å². The SMILES string of the molecule is CCCNc1ncc(Cl)c(Nc2ccc(Br)cc2Br)n1. The van der Waals surface area contributed by atoms with Crippen LogP contribution in [-0.2, 0) is 0 Å². The van der Waals surface area contributed by atoms with E-state index in [0.717, 1.165) is 27.6 Å². The quantitative estimate of drug-likeness (QED) is 0.696.